The number of methoxy groups -OCH3 is 1. The Morgan fingerprint density at radius 1 is 1.24 bits per heavy atom. The molecule has 2 aromatic rings. The third-order valence-corrected chi connectivity index (χ3v) is 4.01. The molecular weight excluding hydrogens is 321 g/mol. The van der Waals surface area contributed by atoms with Gasteiger partial charge < -0.3 is 10.1 Å². The molecule has 0 aliphatic heterocycles. The second kappa shape index (κ2) is 8.16. The number of carbonyl (C=O) groups excluding carboxylic acids is 1. The minimum atomic E-state index is -0.598. The van der Waals surface area contributed by atoms with Gasteiger partial charge in [-0.3, -0.25) is 4.79 Å². The molecule has 1 aromatic carbocycles. The molecule has 1 heterocycles. The highest BCUT2D eigenvalue weighted by Crippen LogP contribution is 2.24. The number of aromatic nitrogens is 2. The number of benzene rings is 1. The van der Waals surface area contributed by atoms with Crippen LogP contribution in [0.3, 0.4) is 0 Å². The molecule has 2 atom stereocenters. The summed E-state index contributed by atoms with van der Waals surface area (Å²) in [5.74, 6) is 0.0450. The van der Waals surface area contributed by atoms with Crippen LogP contribution in [0.1, 0.15) is 60.2 Å². The number of aryl methyl sites for hydroxylation is 1. The second-order valence-electron chi connectivity index (χ2n) is 6.31. The predicted molar refractivity (Wildman–Crippen MR) is 93.9 cm³/mol. The van der Waals surface area contributed by atoms with Gasteiger partial charge in [-0.25, -0.2) is 14.4 Å². The maximum absolute atomic E-state index is 14.0. The zero-order valence-corrected chi connectivity index (χ0v) is 15.2. The lowest BCUT2D eigenvalue weighted by Gasteiger charge is -2.25. The third-order valence-electron chi connectivity index (χ3n) is 4.01. The largest absolute Gasteiger partial charge is 0.375 e. The van der Waals surface area contributed by atoms with Gasteiger partial charge in [0.15, 0.2) is 0 Å². The van der Waals surface area contributed by atoms with Crippen molar-refractivity contribution >= 4 is 5.91 Å². The highest BCUT2D eigenvalue weighted by atomic mass is 19.1. The van der Waals surface area contributed by atoms with E-state index in [4.69, 9.17) is 4.74 Å². The highest BCUT2D eigenvalue weighted by Gasteiger charge is 2.25. The van der Waals surface area contributed by atoms with Gasteiger partial charge in [0.2, 0.25) is 0 Å². The standard InChI is InChI=1S/C19H24FN3O2/c1-11(2)17-15(10-21-13(4)23-17)19(24)22-12(3)18(25-5)14-8-6-7-9-16(14)20/h6-12,18H,1-5H3,(H,22,24). The molecule has 1 N–H and O–H groups in total. The van der Waals surface area contributed by atoms with E-state index in [1.807, 2.05) is 13.8 Å². The van der Waals surface area contributed by atoms with Gasteiger partial charge in [0.1, 0.15) is 17.7 Å². The molecule has 25 heavy (non-hydrogen) atoms. The van der Waals surface area contributed by atoms with Crippen LogP contribution in [-0.2, 0) is 4.74 Å². The molecule has 134 valence electrons. The van der Waals surface area contributed by atoms with Gasteiger partial charge in [-0.05, 0) is 25.8 Å². The van der Waals surface area contributed by atoms with Crippen molar-refractivity contribution in [3.05, 3.63) is 58.9 Å². The molecule has 1 amide bonds. The number of hydrogen-bond acceptors (Lipinski definition) is 4. The Kier molecular flexibility index (Phi) is 6.20. The highest BCUT2D eigenvalue weighted by molar-refractivity contribution is 5.95. The summed E-state index contributed by atoms with van der Waals surface area (Å²) in [6, 6.07) is 5.95. The van der Waals surface area contributed by atoms with E-state index >= 15 is 0 Å². The minimum Gasteiger partial charge on any atom is -0.375 e. The van der Waals surface area contributed by atoms with E-state index in [9.17, 15) is 9.18 Å². The molecule has 6 heteroatoms. The smallest absolute Gasteiger partial charge is 0.255 e. The number of carbonyl (C=O) groups is 1. The van der Waals surface area contributed by atoms with Crippen LogP contribution >= 0.6 is 0 Å². The molecule has 2 unspecified atom stereocenters. The van der Waals surface area contributed by atoms with E-state index in [-0.39, 0.29) is 17.6 Å². The normalized spacial score (nSPS) is 13.6. The third kappa shape index (κ3) is 4.39. The average molecular weight is 345 g/mol. The summed E-state index contributed by atoms with van der Waals surface area (Å²) in [5.41, 5.74) is 1.52. The van der Waals surface area contributed by atoms with Crippen molar-refractivity contribution in [1.29, 1.82) is 0 Å². The topological polar surface area (TPSA) is 64.1 Å². The number of nitrogens with one attached hydrogen (secondary N) is 1. The maximum Gasteiger partial charge on any atom is 0.255 e. The fraction of sp³-hybridized carbons (Fsp3) is 0.421. The van der Waals surface area contributed by atoms with Gasteiger partial charge in [-0.15, -0.1) is 0 Å². The summed E-state index contributed by atoms with van der Waals surface area (Å²) < 4.78 is 19.5. The first kappa shape index (κ1) is 19.0. The van der Waals surface area contributed by atoms with Crippen molar-refractivity contribution in [2.24, 2.45) is 0 Å². The first-order chi connectivity index (χ1) is 11.8. The van der Waals surface area contributed by atoms with Crippen LogP contribution in [0, 0.1) is 12.7 Å². The summed E-state index contributed by atoms with van der Waals surface area (Å²) in [6.07, 6.45) is 0.934. The van der Waals surface area contributed by atoms with E-state index in [2.05, 4.69) is 15.3 Å². The molecule has 0 aliphatic rings. The molecule has 0 radical (unpaired) electrons. The number of hydrogen-bond donors (Lipinski definition) is 1. The Hall–Kier alpha value is -2.34. The molecule has 0 bridgehead atoms. The van der Waals surface area contributed by atoms with Crippen molar-refractivity contribution in [2.45, 2.75) is 45.8 Å². The Labute approximate surface area is 147 Å². The van der Waals surface area contributed by atoms with E-state index in [0.29, 0.717) is 22.6 Å². The van der Waals surface area contributed by atoms with Gasteiger partial charge in [0.05, 0.1) is 17.3 Å². The fourth-order valence-electron chi connectivity index (χ4n) is 2.77. The number of nitrogens with zero attached hydrogens (tertiary/aromatic N) is 2. The summed E-state index contributed by atoms with van der Waals surface area (Å²) >= 11 is 0. The summed E-state index contributed by atoms with van der Waals surface area (Å²) in [6.45, 7) is 7.51. The van der Waals surface area contributed by atoms with E-state index in [1.54, 1.807) is 32.0 Å². The monoisotopic (exact) mass is 345 g/mol. The minimum absolute atomic E-state index is 0.0857. The Bertz CT molecular complexity index is 749. The lowest BCUT2D eigenvalue weighted by Crippen LogP contribution is -2.38. The zero-order chi connectivity index (χ0) is 18.6. The van der Waals surface area contributed by atoms with Crippen LogP contribution < -0.4 is 5.32 Å². The predicted octanol–water partition coefficient (Wildman–Crippen LogP) is 3.55. The van der Waals surface area contributed by atoms with Gasteiger partial charge in [-0.1, -0.05) is 32.0 Å². The number of ether oxygens (including phenoxy) is 1. The van der Waals surface area contributed by atoms with E-state index in [0.717, 1.165) is 0 Å². The molecular formula is C19H24FN3O2. The number of rotatable bonds is 6. The van der Waals surface area contributed by atoms with Gasteiger partial charge in [-0.2, -0.15) is 0 Å². The summed E-state index contributed by atoms with van der Waals surface area (Å²) in [5, 5.41) is 2.88. The second-order valence-corrected chi connectivity index (χ2v) is 6.31. The van der Waals surface area contributed by atoms with Crippen molar-refractivity contribution < 1.29 is 13.9 Å². The Morgan fingerprint density at radius 2 is 1.92 bits per heavy atom. The lowest BCUT2D eigenvalue weighted by molar-refractivity contribution is 0.0624. The van der Waals surface area contributed by atoms with E-state index in [1.165, 1.54) is 19.4 Å². The van der Waals surface area contributed by atoms with Gasteiger partial charge in [0.25, 0.3) is 5.91 Å². The van der Waals surface area contributed by atoms with Crippen molar-refractivity contribution in [2.75, 3.05) is 7.11 Å². The van der Waals surface area contributed by atoms with Crippen LogP contribution in [-0.4, -0.2) is 29.0 Å². The molecule has 0 saturated heterocycles. The molecule has 0 saturated carbocycles. The first-order valence-corrected chi connectivity index (χ1v) is 8.26. The molecule has 0 fully saturated rings. The quantitative estimate of drug-likeness (QED) is 0.869. The summed E-state index contributed by atoms with van der Waals surface area (Å²) in [7, 11) is 1.49. The SMILES string of the molecule is COC(c1ccccc1F)C(C)NC(=O)c1cnc(C)nc1C(C)C. The number of amides is 1. The Balaban J connectivity index is 2.24. The summed E-state index contributed by atoms with van der Waals surface area (Å²) in [4.78, 5) is 21.2. The fourth-order valence-corrected chi connectivity index (χ4v) is 2.77. The van der Waals surface area contributed by atoms with Crippen molar-refractivity contribution in [3.8, 4) is 0 Å². The number of halogens is 1. The van der Waals surface area contributed by atoms with Crippen LogP contribution in [0.4, 0.5) is 4.39 Å². The van der Waals surface area contributed by atoms with Gasteiger partial charge in [0, 0.05) is 18.9 Å². The molecule has 0 spiro atoms. The molecule has 2 rings (SSSR count). The van der Waals surface area contributed by atoms with Crippen LogP contribution in [0.5, 0.6) is 0 Å². The van der Waals surface area contributed by atoms with Gasteiger partial charge >= 0.3 is 0 Å². The van der Waals surface area contributed by atoms with Crippen LogP contribution in [0.15, 0.2) is 30.5 Å². The van der Waals surface area contributed by atoms with Crippen molar-refractivity contribution in [3.63, 3.8) is 0 Å². The molecule has 0 aliphatic carbocycles. The molecule has 1 aromatic heterocycles. The van der Waals surface area contributed by atoms with Crippen LogP contribution in [0.2, 0.25) is 0 Å². The lowest BCUT2D eigenvalue weighted by atomic mass is 10.0. The first-order valence-electron chi connectivity index (χ1n) is 8.26. The average Bonchev–Trinajstić information content (AvgIpc) is 2.56. The maximum atomic E-state index is 14.0. The molecule has 5 nitrogen and oxygen atoms in total. The van der Waals surface area contributed by atoms with Crippen molar-refractivity contribution in [1.82, 2.24) is 15.3 Å². The Morgan fingerprint density at radius 3 is 2.52 bits per heavy atom. The van der Waals surface area contributed by atoms with Crippen LogP contribution in [0.25, 0.3) is 0 Å². The zero-order valence-electron chi connectivity index (χ0n) is 15.2. The van der Waals surface area contributed by atoms with E-state index < -0.39 is 12.1 Å².